The predicted octanol–water partition coefficient (Wildman–Crippen LogP) is 13.2. The van der Waals surface area contributed by atoms with Gasteiger partial charge in [0, 0.05) is 59.1 Å². The number of rotatable bonds is 8. The topological polar surface area (TPSA) is 64.5 Å². The molecular weight excluding hydrogens is 723 g/mol. The molecule has 0 atom stereocenters. The molecule has 7 heteroatoms. The summed E-state index contributed by atoms with van der Waals surface area (Å²) in [5.74, 6) is 2.61. The molecular formula is C49H31N5S2. The van der Waals surface area contributed by atoms with Crippen molar-refractivity contribution in [3.63, 3.8) is 0 Å². The van der Waals surface area contributed by atoms with Gasteiger partial charge in [-0.1, -0.05) is 157 Å². The molecule has 5 nitrogen and oxygen atoms in total. The van der Waals surface area contributed by atoms with Crippen molar-refractivity contribution in [2.45, 2.75) is 9.79 Å². The highest BCUT2D eigenvalue weighted by Gasteiger charge is 2.17. The fourth-order valence-corrected chi connectivity index (χ4v) is 8.89. The molecule has 0 spiro atoms. The normalized spacial score (nSPS) is 11.3. The molecule has 0 unspecified atom stereocenters. The van der Waals surface area contributed by atoms with Crippen molar-refractivity contribution in [1.82, 2.24) is 24.9 Å². The standard InChI is InChI=1S/C49H31N5S2/c1-5-13-32(14-6-1)33-21-23-36(24-22-33)48-52-47(35-17-9-3-10-18-35)53-49(54-48)38-25-27-40-41-29-37(26-28-42(41)56-43(40)30-38)46-50-31-44(55-39-19-11-4-12-20-39)45(51-46)34-15-7-2-8-16-34/h1-31H. The van der Waals surface area contributed by atoms with E-state index >= 15 is 0 Å². The van der Waals surface area contributed by atoms with Crippen molar-refractivity contribution in [2.24, 2.45) is 0 Å². The third-order valence-electron chi connectivity index (χ3n) is 9.68. The van der Waals surface area contributed by atoms with Crippen LogP contribution >= 0.6 is 23.1 Å². The van der Waals surface area contributed by atoms with Crippen molar-refractivity contribution in [1.29, 1.82) is 0 Å². The van der Waals surface area contributed by atoms with Crippen LogP contribution in [0.5, 0.6) is 0 Å². The Morgan fingerprint density at radius 2 is 0.857 bits per heavy atom. The van der Waals surface area contributed by atoms with Gasteiger partial charge in [0.05, 0.1) is 10.6 Å². The number of nitrogens with zero attached hydrogens (tertiary/aromatic N) is 5. The van der Waals surface area contributed by atoms with Crippen LogP contribution in [0.2, 0.25) is 0 Å². The maximum absolute atomic E-state index is 5.17. The highest BCUT2D eigenvalue weighted by molar-refractivity contribution is 7.99. The molecule has 0 radical (unpaired) electrons. The second-order valence-corrected chi connectivity index (χ2v) is 15.5. The molecule has 0 aliphatic rings. The first-order chi connectivity index (χ1) is 27.7. The summed E-state index contributed by atoms with van der Waals surface area (Å²) in [6.45, 7) is 0. The molecule has 10 rings (SSSR count). The van der Waals surface area contributed by atoms with E-state index in [4.69, 9.17) is 24.9 Å². The number of hydrogen-bond donors (Lipinski definition) is 0. The van der Waals surface area contributed by atoms with E-state index in [1.165, 1.54) is 21.0 Å². The molecule has 264 valence electrons. The zero-order valence-electron chi connectivity index (χ0n) is 30.0. The van der Waals surface area contributed by atoms with Crippen LogP contribution in [0.4, 0.5) is 0 Å². The molecule has 7 aromatic carbocycles. The average Bonchev–Trinajstić information content (AvgIpc) is 3.65. The maximum atomic E-state index is 5.17. The molecule has 0 bridgehead atoms. The lowest BCUT2D eigenvalue weighted by molar-refractivity contribution is 1.07. The minimum absolute atomic E-state index is 0.635. The number of benzene rings is 7. The summed E-state index contributed by atoms with van der Waals surface area (Å²) in [6.07, 6.45) is 1.95. The van der Waals surface area contributed by atoms with Gasteiger partial charge in [0.1, 0.15) is 0 Å². The number of fused-ring (bicyclic) bond motifs is 3. The molecule has 10 aromatic rings. The van der Waals surface area contributed by atoms with Crippen LogP contribution in [0.25, 0.3) is 88.1 Å². The van der Waals surface area contributed by atoms with Crippen LogP contribution in [0.15, 0.2) is 198 Å². The minimum atomic E-state index is 0.635. The number of hydrogen-bond acceptors (Lipinski definition) is 7. The summed E-state index contributed by atoms with van der Waals surface area (Å²) >= 11 is 3.44. The van der Waals surface area contributed by atoms with Crippen molar-refractivity contribution >= 4 is 43.3 Å². The summed E-state index contributed by atoms with van der Waals surface area (Å²) in [7, 11) is 0. The van der Waals surface area contributed by atoms with E-state index in [1.807, 2.05) is 54.7 Å². The van der Waals surface area contributed by atoms with Gasteiger partial charge in [-0.05, 0) is 47.5 Å². The summed E-state index contributed by atoms with van der Waals surface area (Å²) in [5.41, 5.74) is 8.09. The van der Waals surface area contributed by atoms with Crippen LogP contribution in [-0.4, -0.2) is 24.9 Å². The Morgan fingerprint density at radius 3 is 1.54 bits per heavy atom. The van der Waals surface area contributed by atoms with Gasteiger partial charge in [-0.2, -0.15) is 0 Å². The molecule has 0 saturated carbocycles. The largest absolute Gasteiger partial charge is 0.235 e. The first kappa shape index (κ1) is 33.7. The fourth-order valence-electron chi connectivity index (χ4n) is 6.85. The maximum Gasteiger partial charge on any atom is 0.164 e. The van der Waals surface area contributed by atoms with E-state index in [0.29, 0.717) is 23.3 Å². The van der Waals surface area contributed by atoms with Crippen molar-refractivity contribution in [3.05, 3.63) is 188 Å². The molecule has 0 saturated heterocycles. The average molecular weight is 754 g/mol. The minimum Gasteiger partial charge on any atom is -0.235 e. The molecule has 3 heterocycles. The zero-order valence-corrected chi connectivity index (χ0v) is 31.6. The second-order valence-electron chi connectivity index (χ2n) is 13.3. The third-order valence-corrected chi connectivity index (χ3v) is 11.8. The molecule has 0 fully saturated rings. The van der Waals surface area contributed by atoms with Gasteiger partial charge in [-0.25, -0.2) is 24.9 Å². The van der Waals surface area contributed by atoms with Gasteiger partial charge in [-0.3, -0.25) is 0 Å². The highest BCUT2D eigenvalue weighted by Crippen LogP contribution is 2.40. The van der Waals surface area contributed by atoms with E-state index < -0.39 is 0 Å². The van der Waals surface area contributed by atoms with Gasteiger partial charge < -0.3 is 0 Å². The molecule has 0 aliphatic heterocycles. The predicted molar refractivity (Wildman–Crippen MR) is 231 cm³/mol. The Balaban J connectivity index is 1.02. The summed E-state index contributed by atoms with van der Waals surface area (Å²) in [6, 6.07) is 62.6. The van der Waals surface area contributed by atoms with Crippen LogP contribution in [0, 0.1) is 0 Å². The lowest BCUT2D eigenvalue weighted by Crippen LogP contribution is -2.00. The van der Waals surface area contributed by atoms with Crippen molar-refractivity contribution in [2.75, 3.05) is 0 Å². The van der Waals surface area contributed by atoms with E-state index in [9.17, 15) is 0 Å². The molecule has 0 amide bonds. The van der Waals surface area contributed by atoms with Gasteiger partial charge in [-0.15, -0.1) is 11.3 Å². The Labute approximate surface area is 332 Å². The Morgan fingerprint density at radius 1 is 0.357 bits per heavy atom. The summed E-state index contributed by atoms with van der Waals surface area (Å²) in [5, 5.41) is 2.34. The highest BCUT2D eigenvalue weighted by atomic mass is 32.2. The van der Waals surface area contributed by atoms with Gasteiger partial charge in [0.15, 0.2) is 23.3 Å². The summed E-state index contributed by atoms with van der Waals surface area (Å²) < 4.78 is 2.35. The molecule has 0 aliphatic carbocycles. The SMILES string of the molecule is c1ccc(Sc2cnc(-c3ccc4sc5cc(-c6nc(-c7ccccc7)nc(-c7ccc(-c8ccccc8)cc7)n6)ccc5c4c3)nc2-c2ccccc2)cc1. The number of thiophene rings is 1. The monoisotopic (exact) mass is 753 g/mol. The van der Waals surface area contributed by atoms with Crippen LogP contribution in [-0.2, 0) is 0 Å². The number of aromatic nitrogens is 5. The first-order valence-corrected chi connectivity index (χ1v) is 19.9. The lowest BCUT2D eigenvalue weighted by Gasteiger charge is -2.11. The van der Waals surface area contributed by atoms with Gasteiger partial charge in [0.2, 0.25) is 0 Å². The first-order valence-electron chi connectivity index (χ1n) is 18.3. The Hall–Kier alpha value is -6.80. The zero-order chi connectivity index (χ0) is 37.3. The Kier molecular flexibility index (Phi) is 8.91. The molecule has 56 heavy (non-hydrogen) atoms. The van der Waals surface area contributed by atoms with Crippen molar-refractivity contribution in [3.8, 4) is 67.9 Å². The third kappa shape index (κ3) is 6.75. The van der Waals surface area contributed by atoms with Gasteiger partial charge >= 0.3 is 0 Å². The lowest BCUT2D eigenvalue weighted by atomic mass is 10.0. The Bertz CT molecular complexity index is 2970. The molecule has 0 N–H and O–H groups in total. The van der Waals surface area contributed by atoms with Crippen LogP contribution < -0.4 is 0 Å². The van der Waals surface area contributed by atoms with E-state index in [2.05, 4.69) is 133 Å². The fraction of sp³-hybridized carbons (Fsp3) is 0. The van der Waals surface area contributed by atoms with Crippen molar-refractivity contribution < 1.29 is 0 Å². The second kappa shape index (κ2) is 14.8. The van der Waals surface area contributed by atoms with Crippen LogP contribution in [0.1, 0.15) is 0 Å². The summed E-state index contributed by atoms with van der Waals surface area (Å²) in [4.78, 5) is 27.2. The van der Waals surface area contributed by atoms with Crippen LogP contribution in [0.3, 0.4) is 0 Å². The quantitative estimate of drug-likeness (QED) is 0.154. The smallest absolute Gasteiger partial charge is 0.164 e. The van der Waals surface area contributed by atoms with E-state index in [0.717, 1.165) is 53.6 Å². The van der Waals surface area contributed by atoms with Gasteiger partial charge in [0.25, 0.3) is 0 Å². The van der Waals surface area contributed by atoms with E-state index in [1.54, 1.807) is 23.1 Å². The molecule has 3 aromatic heterocycles. The van der Waals surface area contributed by atoms with E-state index in [-0.39, 0.29) is 0 Å².